The summed E-state index contributed by atoms with van der Waals surface area (Å²) in [4.78, 5) is 16.6. The number of Topliss-reactive ketones (excluding diaryl/α,β-unsaturated/α-hetero) is 1. The Kier molecular flexibility index (Phi) is 16.1. The zero-order chi connectivity index (χ0) is 58.4. The second kappa shape index (κ2) is 21.0. The predicted molar refractivity (Wildman–Crippen MR) is 231 cm³/mol. The van der Waals surface area contributed by atoms with Crippen LogP contribution in [0.5, 0.6) is 0 Å². The van der Waals surface area contributed by atoms with Gasteiger partial charge in [0.15, 0.2) is 12.4 Å². The van der Waals surface area contributed by atoms with Gasteiger partial charge >= 0.3 is 49.4 Å². The molecule has 28 heteroatoms. The van der Waals surface area contributed by atoms with E-state index in [4.69, 9.17) is 0 Å². The summed E-state index contributed by atoms with van der Waals surface area (Å²) in [7, 11) is 0. The van der Waals surface area contributed by atoms with Crippen molar-refractivity contribution in [2.75, 3.05) is 0 Å². The van der Waals surface area contributed by atoms with Gasteiger partial charge in [0.25, 0.3) is 0 Å². The maximum Gasteiger partial charge on any atom is 0.416 e. The minimum Gasteiger partial charge on any atom is -0.287 e. The molecule has 0 N–H and O–H groups in total. The Bertz CT molecular complexity index is 2840. The summed E-state index contributed by atoms with van der Waals surface area (Å²) in [6.07, 6.45) is -49.4. The fraction of sp³-hybridized carbons (Fsp3) is 0.180. The lowest BCUT2D eigenvalue weighted by Gasteiger charge is -2.46. The van der Waals surface area contributed by atoms with E-state index in [2.05, 4.69) is 4.98 Å². The topological polar surface area (TPSA) is 33.8 Å². The highest BCUT2D eigenvalue weighted by Crippen LogP contribution is 2.41. The highest BCUT2D eigenvalue weighted by atomic mass is 19.4. The summed E-state index contributed by atoms with van der Waals surface area (Å²) in [6.45, 7) is 0.312. The lowest BCUT2D eigenvalue weighted by molar-refractivity contribution is -0.683. The molecule has 0 saturated carbocycles. The number of nitrogens with zero attached hydrogens (tertiary/aromatic N) is 2. The van der Waals surface area contributed by atoms with Gasteiger partial charge in [0.2, 0.25) is 12.3 Å². The molecule has 0 saturated heterocycles. The zero-order valence-corrected chi connectivity index (χ0v) is 38.1. The second-order valence-corrected chi connectivity index (χ2v) is 17.0. The largest absolute Gasteiger partial charge is 0.416 e. The predicted octanol–water partition coefficient (Wildman–Crippen LogP) is 14.1. The summed E-state index contributed by atoms with van der Waals surface area (Å²) >= 11 is 0. The van der Waals surface area contributed by atoms with Gasteiger partial charge < -0.3 is 0 Å². The number of halogens is 24. The van der Waals surface area contributed by atoms with Crippen molar-refractivity contribution in [3.63, 3.8) is 0 Å². The molecule has 1 aromatic heterocycles. The first kappa shape index (κ1) is 59.7. The van der Waals surface area contributed by atoms with Crippen LogP contribution in [0.1, 0.15) is 54.9 Å². The van der Waals surface area contributed by atoms with Gasteiger partial charge in [-0.2, -0.15) is 132 Å². The smallest absolute Gasteiger partial charge is 0.287 e. The summed E-state index contributed by atoms with van der Waals surface area (Å²) < 4.78 is 343. The van der Waals surface area contributed by atoms with E-state index in [9.17, 15) is 110 Å². The number of hydrogen-bond donors (Lipinski definition) is 0. The first-order valence-electron chi connectivity index (χ1n) is 21.4. The standard InChI is InChI=1S/C32H12BF24.C18H15N2O/c34-25(35,36)13-1-14(26(37,38)39)6-21(5-13)33(22-7-15(27(40,41)42)2-16(8-22)28(43,44)45,23-9-17(29(46,47)48)3-18(10-23)30(49,50)51)24-11-19(31(52,53)54)4-20(12-24)32(55,56)57;21-18(16-9-5-2-6-10-16)14-20-12-11-19-17(13-20)15-7-3-1-4-8-15/h1-12H;1-13H,14H2/q-1;+1. The highest BCUT2D eigenvalue weighted by Gasteiger charge is 2.47. The third-order valence-corrected chi connectivity index (χ3v) is 11.7. The van der Waals surface area contributed by atoms with Crippen LogP contribution < -0.4 is 26.4 Å². The van der Waals surface area contributed by atoms with Crippen molar-refractivity contribution < 1.29 is 115 Å². The van der Waals surface area contributed by atoms with Crippen LogP contribution in [0.3, 0.4) is 0 Å². The summed E-state index contributed by atoms with van der Waals surface area (Å²) in [6, 6.07) is 10.5. The van der Waals surface area contributed by atoms with Gasteiger partial charge in [0, 0.05) is 11.1 Å². The molecule has 7 rings (SSSR count). The van der Waals surface area contributed by atoms with Crippen LogP contribution in [0.4, 0.5) is 105 Å². The van der Waals surface area contributed by atoms with Crippen LogP contribution in [-0.4, -0.2) is 16.9 Å². The molecule has 0 unspecified atom stereocenters. The molecule has 414 valence electrons. The third kappa shape index (κ3) is 13.8. The Balaban J connectivity index is 0.000000387. The van der Waals surface area contributed by atoms with E-state index >= 15 is 0 Å². The normalized spacial score (nSPS) is 13.2. The second-order valence-electron chi connectivity index (χ2n) is 17.0. The van der Waals surface area contributed by atoms with E-state index in [0.717, 1.165) is 16.8 Å². The number of carbonyl (C=O) groups is 1. The van der Waals surface area contributed by atoms with Crippen molar-refractivity contribution in [3.8, 4) is 11.3 Å². The van der Waals surface area contributed by atoms with E-state index in [1.165, 1.54) is 0 Å². The molecule has 0 aliphatic carbocycles. The van der Waals surface area contributed by atoms with Crippen molar-refractivity contribution in [1.82, 2.24) is 4.98 Å². The van der Waals surface area contributed by atoms with Crippen LogP contribution in [0.15, 0.2) is 152 Å². The lowest BCUT2D eigenvalue weighted by atomic mass is 9.12. The first-order valence-corrected chi connectivity index (χ1v) is 21.4. The van der Waals surface area contributed by atoms with Gasteiger partial charge in [-0.15, -0.1) is 0 Å². The molecule has 0 aliphatic heterocycles. The Hall–Kier alpha value is -7.55. The highest BCUT2D eigenvalue weighted by molar-refractivity contribution is 7.20. The fourth-order valence-electron chi connectivity index (χ4n) is 8.24. The van der Waals surface area contributed by atoms with E-state index in [1.54, 1.807) is 6.20 Å². The molecule has 0 spiro atoms. The number of alkyl halides is 24. The molecule has 0 fully saturated rings. The molecular formula is C50H27BF24N2O. The monoisotopic (exact) mass is 1140 g/mol. The van der Waals surface area contributed by atoms with Crippen molar-refractivity contribution in [1.29, 1.82) is 0 Å². The molecule has 0 bridgehead atoms. The van der Waals surface area contributed by atoms with Gasteiger partial charge in [0.1, 0.15) is 11.8 Å². The fourth-order valence-corrected chi connectivity index (χ4v) is 8.24. The molecule has 1 heterocycles. The number of rotatable bonds is 8. The van der Waals surface area contributed by atoms with Gasteiger partial charge in [0.05, 0.1) is 50.7 Å². The molecule has 7 aromatic rings. The first-order chi connectivity index (χ1) is 35.6. The molecule has 0 aliphatic rings. The molecule has 3 nitrogen and oxygen atoms in total. The van der Waals surface area contributed by atoms with Gasteiger partial charge in [-0.1, -0.05) is 109 Å². The maximum absolute atomic E-state index is 14.2. The average molecular weight is 1140 g/mol. The quantitative estimate of drug-likeness (QED) is 0.0658. The number of carbonyl (C=O) groups excluding carboxylic acids is 1. The van der Waals surface area contributed by atoms with Crippen LogP contribution in [0, 0.1) is 0 Å². The summed E-state index contributed by atoms with van der Waals surface area (Å²) in [5.74, 6) is 0.0887. The number of hydrogen-bond acceptors (Lipinski definition) is 2. The molecule has 0 radical (unpaired) electrons. The number of benzene rings is 6. The molecule has 78 heavy (non-hydrogen) atoms. The van der Waals surface area contributed by atoms with Crippen molar-refractivity contribution in [2.45, 2.75) is 56.0 Å². The van der Waals surface area contributed by atoms with E-state index in [-0.39, 0.29) is 5.78 Å². The SMILES string of the molecule is FC(F)(F)c1cc([B-](c2cc(C(F)(F)F)cc(C(F)(F)F)c2)(c2cc(C(F)(F)F)cc(C(F)(F)F)c2)c2cc(C(F)(F)F)cc(C(F)(F)F)c2)cc(C(F)(F)F)c1.O=C(C[n+]1ccnc(-c2ccccc2)c1)c1ccccc1. The van der Waals surface area contributed by atoms with E-state index in [0.29, 0.717) is 6.54 Å². The minimum atomic E-state index is -6.13. The van der Waals surface area contributed by atoms with Gasteiger partial charge in [-0.25, -0.2) is 4.98 Å². The van der Waals surface area contributed by atoms with Crippen LogP contribution in [0.2, 0.25) is 0 Å². The van der Waals surface area contributed by atoms with Crippen molar-refractivity contribution in [3.05, 3.63) is 202 Å². The Morgan fingerprint density at radius 1 is 0.372 bits per heavy atom. The Morgan fingerprint density at radius 3 is 0.885 bits per heavy atom. The summed E-state index contributed by atoms with van der Waals surface area (Å²) in [5.41, 5.74) is -27.6. The average Bonchev–Trinajstić information content (AvgIpc) is 3.37. The van der Waals surface area contributed by atoms with Gasteiger partial charge in [-0.05, 0) is 24.3 Å². The Labute approximate surface area is 422 Å². The molecule has 6 aromatic carbocycles. The van der Waals surface area contributed by atoms with E-state index in [1.807, 2.05) is 77.6 Å². The van der Waals surface area contributed by atoms with Crippen molar-refractivity contribution in [2.24, 2.45) is 0 Å². The summed E-state index contributed by atoms with van der Waals surface area (Å²) in [5, 5.41) is 0. The number of aromatic nitrogens is 2. The number of ketones is 1. The van der Waals surface area contributed by atoms with Crippen LogP contribution in [-0.2, 0) is 56.0 Å². The third-order valence-electron chi connectivity index (χ3n) is 11.7. The molecule has 0 amide bonds. The van der Waals surface area contributed by atoms with Gasteiger partial charge in [-0.3, -0.25) is 4.79 Å². The van der Waals surface area contributed by atoms with Crippen molar-refractivity contribution >= 4 is 33.8 Å². The van der Waals surface area contributed by atoms with Crippen LogP contribution >= 0.6 is 0 Å². The van der Waals surface area contributed by atoms with E-state index < -0.39 is 195 Å². The lowest BCUT2D eigenvalue weighted by Crippen LogP contribution is -2.75. The maximum atomic E-state index is 14.2. The molecular weight excluding hydrogens is 1110 g/mol. The Morgan fingerprint density at radius 2 is 0.628 bits per heavy atom. The molecule has 0 atom stereocenters. The zero-order valence-electron chi connectivity index (χ0n) is 38.1. The van der Waals surface area contributed by atoms with Crippen LogP contribution in [0.25, 0.3) is 11.3 Å². The minimum absolute atomic E-state index is 0.0887.